The third-order valence-electron chi connectivity index (χ3n) is 10.6. The van der Waals surface area contributed by atoms with Crippen LogP contribution in [0.2, 0.25) is 0 Å². The average Bonchev–Trinajstić information content (AvgIpc) is 3.41. The van der Waals surface area contributed by atoms with Crippen LogP contribution in [0.1, 0.15) is 36.5 Å². The zero-order valence-electron chi connectivity index (χ0n) is 39.9. The Bertz CT molecular complexity index is 3130. The number of rotatable bonds is 13. The molecule has 0 spiro atoms. The zero-order chi connectivity index (χ0) is 51.2. The summed E-state index contributed by atoms with van der Waals surface area (Å²) in [5, 5.41) is 24.1. The predicted molar refractivity (Wildman–Crippen MR) is 275 cm³/mol. The van der Waals surface area contributed by atoms with Crippen molar-refractivity contribution < 1.29 is 38.9 Å². The number of likely N-dealkylation sites (N-methyl/N-ethyl adjacent to an activating group) is 2. The lowest BCUT2D eigenvalue weighted by Crippen LogP contribution is -2.19. The van der Waals surface area contributed by atoms with Crippen molar-refractivity contribution in [2.24, 2.45) is 0 Å². The lowest BCUT2D eigenvalue weighted by molar-refractivity contribution is -0.143. The number of nitrogens with one attached hydrogen (secondary N) is 2. The van der Waals surface area contributed by atoms with Gasteiger partial charge in [-0.3, -0.25) is 24.0 Å². The fourth-order valence-electron chi connectivity index (χ4n) is 6.86. The molecular formula is C56H52N8O8. The van der Waals surface area contributed by atoms with E-state index in [4.69, 9.17) is 14.9 Å². The van der Waals surface area contributed by atoms with Crippen LogP contribution in [-0.4, -0.2) is 90.5 Å². The van der Waals surface area contributed by atoms with Gasteiger partial charge in [-0.25, -0.2) is 29.9 Å². The van der Waals surface area contributed by atoms with Crippen LogP contribution in [0.5, 0.6) is 0 Å². The summed E-state index contributed by atoms with van der Waals surface area (Å²) >= 11 is 0. The third-order valence-corrected chi connectivity index (χ3v) is 10.6. The number of amides is 2. The molecule has 0 unspecified atom stereocenters. The molecule has 0 bridgehead atoms. The number of esters is 1. The molecule has 0 saturated heterocycles. The minimum atomic E-state index is -1.08. The second-order valence-electron chi connectivity index (χ2n) is 15.8. The van der Waals surface area contributed by atoms with Gasteiger partial charge in [0.1, 0.15) is 0 Å². The maximum absolute atomic E-state index is 11.5. The highest BCUT2D eigenvalue weighted by atomic mass is 16.5. The second-order valence-corrected chi connectivity index (χ2v) is 15.8. The summed E-state index contributed by atoms with van der Waals surface area (Å²) in [4.78, 5) is 80.0. The number of hydrogen-bond donors (Lipinski definition) is 4. The van der Waals surface area contributed by atoms with E-state index in [1.54, 1.807) is 39.6 Å². The molecule has 0 saturated carbocycles. The predicted octanol–water partition coefficient (Wildman–Crippen LogP) is 8.51. The Kier molecular flexibility index (Phi) is 19.1. The molecule has 9 aromatic rings. The molecule has 0 aliphatic rings. The van der Waals surface area contributed by atoms with E-state index < -0.39 is 11.9 Å². The molecule has 16 heteroatoms. The molecule has 0 radical (unpaired) electrons. The largest absolute Gasteiger partial charge is 0.481 e. The first-order valence-electron chi connectivity index (χ1n) is 22.8. The Labute approximate surface area is 415 Å². The maximum Gasteiger partial charge on any atom is 0.310 e. The summed E-state index contributed by atoms with van der Waals surface area (Å²) in [7, 11) is 3.28. The normalized spacial score (nSPS) is 10.3. The SMILES string of the molecule is CCOC(=O)Cc1ccc(-c2ccc3cccnc3n2)cc1.CNC(=O)Cc1ccc(-c2ccc3cccnc3n2)cc1.CNC(=O)Cc1ccc(-c2ccc3cccnc3n2)cc1.O=C(O)CCC(=O)O. The van der Waals surface area contributed by atoms with Crippen molar-refractivity contribution in [3.63, 3.8) is 0 Å². The van der Waals surface area contributed by atoms with Crippen molar-refractivity contribution in [1.29, 1.82) is 0 Å². The highest BCUT2D eigenvalue weighted by Gasteiger charge is 2.09. The molecular weight excluding hydrogens is 913 g/mol. The number of hydrogen-bond acceptors (Lipinski definition) is 12. The van der Waals surface area contributed by atoms with Gasteiger partial charge in [-0.1, -0.05) is 72.8 Å². The summed E-state index contributed by atoms with van der Waals surface area (Å²) in [6.07, 6.45) is 5.71. The van der Waals surface area contributed by atoms with Gasteiger partial charge in [-0.05, 0) is 96.4 Å². The highest BCUT2D eigenvalue weighted by molar-refractivity contribution is 5.82. The van der Waals surface area contributed by atoms with E-state index in [-0.39, 0.29) is 30.6 Å². The van der Waals surface area contributed by atoms with E-state index in [1.807, 2.05) is 146 Å². The van der Waals surface area contributed by atoms with Crippen LogP contribution in [0, 0.1) is 0 Å². The number of pyridine rings is 6. The molecule has 3 aromatic carbocycles. The molecule has 16 nitrogen and oxygen atoms in total. The number of carboxylic acid groups (broad SMARTS) is 2. The molecule has 6 aromatic heterocycles. The molecule has 4 N–H and O–H groups in total. The number of aromatic nitrogens is 6. The maximum atomic E-state index is 11.5. The molecule has 0 atom stereocenters. The van der Waals surface area contributed by atoms with Gasteiger partial charge < -0.3 is 25.6 Å². The van der Waals surface area contributed by atoms with E-state index in [0.717, 1.165) is 83.6 Å². The Morgan fingerprint density at radius 2 is 0.764 bits per heavy atom. The number of nitrogens with zero attached hydrogens (tertiary/aromatic N) is 6. The first-order chi connectivity index (χ1) is 34.9. The molecule has 9 rings (SSSR count). The van der Waals surface area contributed by atoms with Crippen molar-refractivity contribution >= 4 is 62.8 Å². The molecule has 0 fully saturated rings. The minimum absolute atomic E-state index is 0.00998. The monoisotopic (exact) mass is 964 g/mol. The van der Waals surface area contributed by atoms with Gasteiger partial charge in [0, 0.05) is 65.5 Å². The van der Waals surface area contributed by atoms with Gasteiger partial charge in [0.15, 0.2) is 16.9 Å². The van der Waals surface area contributed by atoms with Gasteiger partial charge in [0.25, 0.3) is 0 Å². The smallest absolute Gasteiger partial charge is 0.310 e. The van der Waals surface area contributed by atoms with Crippen molar-refractivity contribution in [3.8, 4) is 33.8 Å². The lowest BCUT2D eigenvalue weighted by Gasteiger charge is -2.05. The molecule has 6 heterocycles. The van der Waals surface area contributed by atoms with Crippen LogP contribution >= 0.6 is 0 Å². The number of carboxylic acids is 2. The first kappa shape index (κ1) is 52.1. The fraction of sp³-hybridized carbons (Fsp3) is 0.161. The van der Waals surface area contributed by atoms with Crippen LogP contribution in [0.4, 0.5) is 0 Å². The van der Waals surface area contributed by atoms with E-state index in [1.165, 1.54) is 0 Å². The van der Waals surface area contributed by atoms with Crippen molar-refractivity contribution in [1.82, 2.24) is 40.5 Å². The van der Waals surface area contributed by atoms with Crippen molar-refractivity contribution in [2.75, 3.05) is 20.7 Å². The number of benzene rings is 3. The third kappa shape index (κ3) is 15.9. The van der Waals surface area contributed by atoms with E-state index in [2.05, 4.69) is 40.5 Å². The lowest BCUT2D eigenvalue weighted by atomic mass is 10.1. The Morgan fingerprint density at radius 1 is 0.444 bits per heavy atom. The minimum Gasteiger partial charge on any atom is -0.481 e. The van der Waals surface area contributed by atoms with Crippen LogP contribution in [0.15, 0.2) is 164 Å². The van der Waals surface area contributed by atoms with E-state index in [9.17, 15) is 24.0 Å². The molecule has 72 heavy (non-hydrogen) atoms. The van der Waals surface area contributed by atoms with Gasteiger partial charge in [-0.2, -0.15) is 0 Å². The van der Waals surface area contributed by atoms with Crippen LogP contribution < -0.4 is 10.6 Å². The number of carbonyl (C=O) groups excluding carboxylic acids is 3. The Hall–Kier alpha value is -9.31. The van der Waals surface area contributed by atoms with Crippen LogP contribution in [0.25, 0.3) is 66.9 Å². The standard InChI is InChI=1S/C18H16N2O2.2C17H15N3O.C4H6O4/c1-2-22-17(21)12-13-5-7-14(8-6-13)16-10-9-15-4-3-11-19-18(15)20-16;2*1-18-16(21)11-12-4-6-13(7-5-12)15-9-8-14-3-2-10-19-17(14)20-15;5-3(6)1-2-4(7)8/h3-11H,2,12H2,1H3;2*2-10H,11H2,1H3,(H,18,21);1-2H2,(H,5,6)(H,7,8). The summed E-state index contributed by atoms with van der Waals surface area (Å²) in [5.41, 5.74) is 10.8. The summed E-state index contributed by atoms with van der Waals surface area (Å²) in [5.74, 6) is -2.34. The van der Waals surface area contributed by atoms with E-state index in [0.29, 0.717) is 25.9 Å². The Morgan fingerprint density at radius 3 is 1.06 bits per heavy atom. The average molecular weight is 965 g/mol. The van der Waals surface area contributed by atoms with Gasteiger partial charge in [0.05, 0.1) is 55.8 Å². The number of ether oxygens (including phenoxy) is 1. The first-order valence-corrected chi connectivity index (χ1v) is 22.8. The highest BCUT2D eigenvalue weighted by Crippen LogP contribution is 2.23. The molecule has 0 aliphatic carbocycles. The second kappa shape index (κ2) is 26.4. The van der Waals surface area contributed by atoms with Gasteiger partial charge >= 0.3 is 17.9 Å². The molecule has 364 valence electrons. The van der Waals surface area contributed by atoms with Crippen molar-refractivity contribution in [3.05, 3.63) is 181 Å². The fourth-order valence-corrected chi connectivity index (χ4v) is 6.86. The molecule has 0 aliphatic heterocycles. The summed E-state index contributed by atoms with van der Waals surface area (Å²) in [6.45, 7) is 2.21. The van der Waals surface area contributed by atoms with Gasteiger partial charge in [-0.15, -0.1) is 0 Å². The van der Waals surface area contributed by atoms with E-state index >= 15 is 0 Å². The van der Waals surface area contributed by atoms with Gasteiger partial charge in [0.2, 0.25) is 11.8 Å². The summed E-state index contributed by atoms with van der Waals surface area (Å²) in [6, 6.07) is 47.2. The van der Waals surface area contributed by atoms with Crippen molar-refractivity contribution in [2.45, 2.75) is 39.0 Å². The number of aliphatic carboxylic acids is 2. The topological polar surface area (TPSA) is 236 Å². The summed E-state index contributed by atoms with van der Waals surface area (Å²) < 4.78 is 4.95. The van der Waals surface area contributed by atoms with Crippen LogP contribution in [0.3, 0.4) is 0 Å². The zero-order valence-corrected chi connectivity index (χ0v) is 39.9. The molecule has 2 amide bonds. The Balaban J connectivity index is 0.000000164. The quantitative estimate of drug-likeness (QED) is 0.0793. The number of fused-ring (bicyclic) bond motifs is 3. The number of carbonyl (C=O) groups is 5. The van der Waals surface area contributed by atoms with Crippen LogP contribution in [-0.2, 0) is 48.0 Å².